The van der Waals surface area contributed by atoms with Crippen LogP contribution in [0.25, 0.3) is 0 Å². The number of piperazine rings is 1. The zero-order valence-corrected chi connectivity index (χ0v) is 12.8. The van der Waals surface area contributed by atoms with Gasteiger partial charge in [0.25, 0.3) is 5.91 Å². The number of anilines is 1. The normalized spacial score (nSPS) is 30.0. The summed E-state index contributed by atoms with van der Waals surface area (Å²) in [6, 6.07) is 6.64. The minimum absolute atomic E-state index is 0.0723. The Bertz CT molecular complexity index is 553. The molecular formula is C15H20ClN3O2+2. The molecule has 2 aliphatic rings. The van der Waals surface area contributed by atoms with E-state index in [2.05, 4.69) is 7.05 Å². The Balaban J connectivity index is 1.77. The molecular weight excluding hydrogens is 290 g/mol. The van der Waals surface area contributed by atoms with Crippen molar-refractivity contribution in [2.75, 3.05) is 38.1 Å². The summed E-state index contributed by atoms with van der Waals surface area (Å²) in [7, 11) is 2.17. The molecule has 2 saturated heterocycles. The number of amides is 2. The number of nitrogens with zero attached hydrogens (tertiary/aromatic N) is 1. The largest absolute Gasteiger partial charge is 0.328 e. The molecule has 0 aromatic heterocycles. The molecule has 0 aliphatic carbocycles. The van der Waals surface area contributed by atoms with Crippen LogP contribution in [0.15, 0.2) is 24.3 Å². The van der Waals surface area contributed by atoms with E-state index in [1.807, 2.05) is 0 Å². The molecule has 6 heteroatoms. The van der Waals surface area contributed by atoms with Gasteiger partial charge in [0.15, 0.2) is 6.04 Å². The molecule has 2 amide bonds. The predicted molar refractivity (Wildman–Crippen MR) is 79.7 cm³/mol. The van der Waals surface area contributed by atoms with Crippen molar-refractivity contribution < 1.29 is 19.4 Å². The van der Waals surface area contributed by atoms with Crippen LogP contribution in [0.1, 0.15) is 6.42 Å². The van der Waals surface area contributed by atoms with Crippen LogP contribution in [0.2, 0.25) is 5.02 Å². The number of rotatable bonds is 2. The van der Waals surface area contributed by atoms with Crippen LogP contribution in [0.5, 0.6) is 0 Å². The SMILES string of the molecule is C[NH+]1CC[NH+]([C@@H]2CC(=O)N(c3ccc(Cl)cc3)C2=O)CC1. The van der Waals surface area contributed by atoms with Gasteiger partial charge in [0.2, 0.25) is 5.91 Å². The fourth-order valence-corrected chi connectivity index (χ4v) is 3.28. The van der Waals surface area contributed by atoms with Crippen molar-refractivity contribution >= 4 is 29.1 Å². The van der Waals surface area contributed by atoms with Gasteiger partial charge >= 0.3 is 0 Å². The van der Waals surface area contributed by atoms with Gasteiger partial charge in [0.05, 0.1) is 19.2 Å². The molecule has 112 valence electrons. The summed E-state index contributed by atoms with van der Waals surface area (Å²) in [4.78, 5) is 28.9. The Labute approximate surface area is 129 Å². The molecule has 5 nitrogen and oxygen atoms in total. The summed E-state index contributed by atoms with van der Waals surface area (Å²) in [5, 5.41) is 0.599. The zero-order chi connectivity index (χ0) is 15.0. The van der Waals surface area contributed by atoms with E-state index >= 15 is 0 Å². The first-order chi connectivity index (χ1) is 10.1. The molecule has 2 aliphatic heterocycles. The summed E-state index contributed by atoms with van der Waals surface area (Å²) in [5.74, 6) is -0.178. The van der Waals surface area contributed by atoms with Crippen molar-refractivity contribution in [1.29, 1.82) is 0 Å². The lowest BCUT2D eigenvalue weighted by molar-refractivity contribution is -1.01. The van der Waals surface area contributed by atoms with Gasteiger partial charge < -0.3 is 9.80 Å². The highest BCUT2D eigenvalue weighted by atomic mass is 35.5. The number of carbonyl (C=O) groups excluding carboxylic acids is 2. The van der Waals surface area contributed by atoms with Gasteiger partial charge in [-0.15, -0.1) is 0 Å². The van der Waals surface area contributed by atoms with Crippen molar-refractivity contribution in [3.05, 3.63) is 29.3 Å². The first-order valence-electron chi connectivity index (χ1n) is 7.34. The standard InChI is InChI=1S/C15H18ClN3O2/c1-17-6-8-18(9-7-17)13-10-14(20)19(15(13)21)12-4-2-11(16)3-5-12/h2-5,13H,6-10H2,1H3/p+2/t13-/m1/s1. The lowest BCUT2D eigenvalue weighted by Crippen LogP contribution is -3.29. The van der Waals surface area contributed by atoms with E-state index in [0.29, 0.717) is 17.1 Å². The fraction of sp³-hybridized carbons (Fsp3) is 0.467. The molecule has 2 heterocycles. The minimum atomic E-state index is -0.221. The second-order valence-corrected chi connectivity index (χ2v) is 6.35. The maximum Gasteiger partial charge on any atom is 0.292 e. The molecule has 2 N–H and O–H groups in total. The second kappa shape index (κ2) is 5.75. The van der Waals surface area contributed by atoms with Gasteiger partial charge in [-0.1, -0.05) is 11.6 Å². The highest BCUT2D eigenvalue weighted by Gasteiger charge is 2.46. The van der Waals surface area contributed by atoms with Gasteiger partial charge in [-0.25, -0.2) is 4.90 Å². The molecule has 0 unspecified atom stereocenters. The van der Waals surface area contributed by atoms with Gasteiger partial charge in [-0.05, 0) is 24.3 Å². The summed E-state index contributed by atoms with van der Waals surface area (Å²) < 4.78 is 0. The third-order valence-corrected chi connectivity index (χ3v) is 4.72. The van der Waals surface area contributed by atoms with E-state index in [0.717, 1.165) is 26.2 Å². The number of hydrogen-bond acceptors (Lipinski definition) is 2. The number of benzene rings is 1. The van der Waals surface area contributed by atoms with Crippen molar-refractivity contribution in [3.63, 3.8) is 0 Å². The van der Waals surface area contributed by atoms with Gasteiger partial charge in [0, 0.05) is 5.02 Å². The van der Waals surface area contributed by atoms with Crippen molar-refractivity contribution in [3.8, 4) is 0 Å². The predicted octanol–water partition coefficient (Wildman–Crippen LogP) is -1.61. The van der Waals surface area contributed by atoms with E-state index in [9.17, 15) is 9.59 Å². The molecule has 0 radical (unpaired) electrons. The number of carbonyl (C=O) groups is 2. The first kappa shape index (κ1) is 14.5. The number of likely N-dealkylation sites (N-methyl/N-ethyl adjacent to an activating group) is 1. The number of imide groups is 1. The third-order valence-electron chi connectivity index (χ3n) is 4.47. The second-order valence-electron chi connectivity index (χ2n) is 5.92. The summed E-state index contributed by atoms with van der Waals surface area (Å²) in [5.41, 5.74) is 0.621. The smallest absolute Gasteiger partial charge is 0.292 e. The van der Waals surface area contributed by atoms with Crippen LogP contribution in [0.3, 0.4) is 0 Å². The minimum Gasteiger partial charge on any atom is -0.328 e. The van der Waals surface area contributed by atoms with Crippen LogP contribution >= 0.6 is 11.6 Å². The Morgan fingerprint density at radius 1 is 1.10 bits per heavy atom. The van der Waals surface area contributed by atoms with Crippen LogP contribution in [0, 0.1) is 0 Å². The Kier molecular flexibility index (Phi) is 3.97. The van der Waals surface area contributed by atoms with Gasteiger partial charge in [-0.3, -0.25) is 9.59 Å². The zero-order valence-electron chi connectivity index (χ0n) is 12.1. The first-order valence-corrected chi connectivity index (χ1v) is 7.72. The number of hydrogen-bond donors (Lipinski definition) is 2. The average molecular weight is 310 g/mol. The maximum absolute atomic E-state index is 12.6. The van der Waals surface area contributed by atoms with E-state index in [4.69, 9.17) is 11.6 Å². The lowest BCUT2D eigenvalue weighted by atomic mass is 10.2. The molecule has 0 bridgehead atoms. The van der Waals surface area contributed by atoms with Gasteiger partial charge in [-0.2, -0.15) is 0 Å². The quantitative estimate of drug-likeness (QED) is 0.646. The van der Waals surface area contributed by atoms with E-state index in [1.54, 1.807) is 24.3 Å². The molecule has 0 saturated carbocycles. The van der Waals surface area contributed by atoms with E-state index in [-0.39, 0.29) is 17.9 Å². The summed E-state index contributed by atoms with van der Waals surface area (Å²) >= 11 is 5.86. The molecule has 1 aromatic carbocycles. The van der Waals surface area contributed by atoms with Crippen molar-refractivity contribution in [1.82, 2.24) is 0 Å². The topological polar surface area (TPSA) is 46.3 Å². The molecule has 2 fully saturated rings. The summed E-state index contributed by atoms with van der Waals surface area (Å²) in [6.45, 7) is 4.00. The Morgan fingerprint density at radius 3 is 2.33 bits per heavy atom. The molecule has 21 heavy (non-hydrogen) atoms. The van der Waals surface area contributed by atoms with Crippen LogP contribution < -0.4 is 14.7 Å². The van der Waals surface area contributed by atoms with Crippen molar-refractivity contribution in [2.45, 2.75) is 12.5 Å². The average Bonchev–Trinajstić information content (AvgIpc) is 2.76. The number of halogens is 1. The van der Waals surface area contributed by atoms with E-state index < -0.39 is 0 Å². The number of nitrogens with one attached hydrogen (secondary N) is 2. The Morgan fingerprint density at radius 2 is 1.71 bits per heavy atom. The molecule has 1 aromatic rings. The van der Waals surface area contributed by atoms with E-state index in [1.165, 1.54) is 14.7 Å². The molecule has 3 rings (SSSR count). The number of quaternary nitrogens is 2. The highest BCUT2D eigenvalue weighted by Crippen LogP contribution is 2.23. The highest BCUT2D eigenvalue weighted by molar-refractivity contribution is 6.30. The third kappa shape index (κ3) is 2.81. The Hall–Kier alpha value is -1.43. The van der Waals surface area contributed by atoms with Crippen LogP contribution in [-0.4, -0.2) is 51.1 Å². The monoisotopic (exact) mass is 309 g/mol. The summed E-state index contributed by atoms with van der Waals surface area (Å²) in [6.07, 6.45) is 0.315. The maximum atomic E-state index is 12.6. The molecule has 1 atom stereocenters. The fourth-order valence-electron chi connectivity index (χ4n) is 3.16. The lowest BCUT2D eigenvalue weighted by Gasteiger charge is -2.30. The van der Waals surface area contributed by atoms with Crippen LogP contribution in [-0.2, 0) is 9.59 Å². The van der Waals surface area contributed by atoms with Crippen molar-refractivity contribution in [2.24, 2.45) is 0 Å². The van der Waals surface area contributed by atoms with Crippen LogP contribution in [0.4, 0.5) is 5.69 Å². The van der Waals surface area contributed by atoms with Gasteiger partial charge in [0.1, 0.15) is 26.2 Å². The molecule has 0 spiro atoms.